The van der Waals surface area contributed by atoms with E-state index in [1.807, 2.05) is 6.92 Å². The van der Waals surface area contributed by atoms with Crippen LogP contribution in [0.15, 0.2) is 5.16 Å². The molecule has 1 aromatic heterocycles. The normalized spacial score (nSPS) is 10.4. The average molecular weight is 188 g/mol. The van der Waals surface area contributed by atoms with E-state index in [2.05, 4.69) is 15.2 Å². The second-order valence-electron chi connectivity index (χ2n) is 2.05. The van der Waals surface area contributed by atoms with Crippen molar-refractivity contribution in [3.63, 3.8) is 0 Å². The van der Waals surface area contributed by atoms with Gasteiger partial charge in [-0.05, 0) is 6.92 Å². The Morgan fingerprint density at radius 3 is 3.08 bits per heavy atom. The summed E-state index contributed by atoms with van der Waals surface area (Å²) in [4.78, 5) is 3.93. The molecule has 0 unspecified atom stereocenters. The Morgan fingerprint density at radius 2 is 2.50 bits per heavy atom. The van der Waals surface area contributed by atoms with Crippen LogP contribution in [-0.2, 0) is 4.74 Å². The van der Waals surface area contributed by atoms with Gasteiger partial charge in [0.05, 0.1) is 6.61 Å². The largest absolute Gasteiger partial charge is 0.381 e. The summed E-state index contributed by atoms with van der Waals surface area (Å²) in [7, 11) is 0. The van der Waals surface area contributed by atoms with Gasteiger partial charge in [0, 0.05) is 12.4 Å². The summed E-state index contributed by atoms with van der Waals surface area (Å²) in [5.74, 6) is 1.21. The van der Waals surface area contributed by atoms with Crippen LogP contribution in [0.25, 0.3) is 0 Å². The fourth-order valence-corrected chi connectivity index (χ4v) is 1.32. The van der Waals surface area contributed by atoms with Crippen molar-refractivity contribution in [1.82, 2.24) is 15.2 Å². The summed E-state index contributed by atoms with van der Waals surface area (Å²) in [5, 5.41) is 7.10. The maximum absolute atomic E-state index is 5.34. The van der Waals surface area contributed by atoms with E-state index < -0.39 is 0 Å². The van der Waals surface area contributed by atoms with Crippen molar-refractivity contribution in [1.29, 1.82) is 0 Å². The topological polar surface area (TPSA) is 76.8 Å². The van der Waals surface area contributed by atoms with E-state index >= 15 is 0 Å². The summed E-state index contributed by atoms with van der Waals surface area (Å²) in [5.41, 5.74) is 5.34. The van der Waals surface area contributed by atoms with Crippen LogP contribution < -0.4 is 5.73 Å². The van der Waals surface area contributed by atoms with Gasteiger partial charge in [-0.2, -0.15) is 4.98 Å². The highest BCUT2D eigenvalue weighted by molar-refractivity contribution is 7.99. The predicted molar refractivity (Wildman–Crippen MR) is 48.0 cm³/mol. The van der Waals surface area contributed by atoms with E-state index in [1.165, 1.54) is 11.8 Å². The molecule has 12 heavy (non-hydrogen) atoms. The van der Waals surface area contributed by atoms with Gasteiger partial charge in [-0.15, -0.1) is 5.10 Å². The monoisotopic (exact) mass is 188 g/mol. The molecular weight excluding hydrogens is 176 g/mol. The zero-order chi connectivity index (χ0) is 8.81. The van der Waals surface area contributed by atoms with E-state index in [4.69, 9.17) is 10.5 Å². The number of ether oxygens (including phenoxy) is 1. The van der Waals surface area contributed by atoms with Crippen molar-refractivity contribution in [2.75, 3.05) is 24.7 Å². The molecule has 3 N–H and O–H groups in total. The molecule has 1 rings (SSSR count). The Morgan fingerprint density at radius 1 is 1.67 bits per heavy atom. The second kappa shape index (κ2) is 5.00. The van der Waals surface area contributed by atoms with Crippen molar-refractivity contribution in [2.45, 2.75) is 12.1 Å². The van der Waals surface area contributed by atoms with E-state index in [-0.39, 0.29) is 0 Å². The molecule has 1 aromatic rings. The first kappa shape index (κ1) is 9.34. The molecule has 0 aliphatic heterocycles. The van der Waals surface area contributed by atoms with Crippen molar-refractivity contribution in [3.8, 4) is 0 Å². The number of hydrogen-bond donors (Lipinski definition) is 2. The maximum atomic E-state index is 5.34. The Bertz CT molecular complexity index is 227. The molecule has 0 radical (unpaired) electrons. The molecule has 1 heterocycles. The molecule has 68 valence electrons. The van der Waals surface area contributed by atoms with Crippen LogP contribution in [0.4, 0.5) is 5.95 Å². The third kappa shape index (κ3) is 3.10. The lowest BCUT2D eigenvalue weighted by atomic mass is 10.8. The number of thioether (sulfide) groups is 1. The number of nitrogen functional groups attached to an aromatic ring is 1. The first-order chi connectivity index (χ1) is 5.83. The van der Waals surface area contributed by atoms with Crippen LogP contribution in [0.2, 0.25) is 0 Å². The zero-order valence-corrected chi connectivity index (χ0v) is 7.73. The fraction of sp³-hybridized carbons (Fsp3) is 0.667. The lowest BCUT2D eigenvalue weighted by Crippen LogP contribution is -1.96. The minimum Gasteiger partial charge on any atom is -0.381 e. The number of H-pyrrole nitrogens is 1. The number of nitrogens with two attached hydrogens (primary N) is 1. The summed E-state index contributed by atoms with van der Waals surface area (Å²) in [6.45, 7) is 3.43. The van der Waals surface area contributed by atoms with Gasteiger partial charge >= 0.3 is 0 Å². The van der Waals surface area contributed by atoms with Gasteiger partial charge in [-0.1, -0.05) is 11.8 Å². The Hall–Kier alpha value is -0.750. The molecule has 0 aliphatic rings. The number of anilines is 1. The van der Waals surface area contributed by atoms with Crippen LogP contribution in [0.3, 0.4) is 0 Å². The molecule has 5 nitrogen and oxygen atoms in total. The number of aromatic nitrogens is 3. The van der Waals surface area contributed by atoms with Crippen LogP contribution in [0, 0.1) is 0 Å². The molecule has 0 fully saturated rings. The number of rotatable bonds is 5. The van der Waals surface area contributed by atoms with Gasteiger partial charge in [0.1, 0.15) is 0 Å². The number of nitrogens with zero attached hydrogens (tertiary/aromatic N) is 2. The first-order valence-corrected chi connectivity index (χ1v) is 4.70. The van der Waals surface area contributed by atoms with E-state index in [0.717, 1.165) is 19.0 Å². The molecule has 0 bridgehead atoms. The molecule has 0 saturated carbocycles. The number of hydrogen-bond acceptors (Lipinski definition) is 5. The minimum atomic E-state index is 0.355. The molecule has 0 spiro atoms. The molecule has 0 atom stereocenters. The molecule has 6 heteroatoms. The van der Waals surface area contributed by atoms with Gasteiger partial charge < -0.3 is 10.5 Å². The van der Waals surface area contributed by atoms with Crippen molar-refractivity contribution < 1.29 is 4.74 Å². The van der Waals surface area contributed by atoms with Crippen LogP contribution in [0.5, 0.6) is 0 Å². The highest BCUT2D eigenvalue weighted by Crippen LogP contribution is 2.11. The highest BCUT2D eigenvalue weighted by Gasteiger charge is 1.99. The van der Waals surface area contributed by atoms with Crippen molar-refractivity contribution in [2.24, 2.45) is 0 Å². The third-order valence-electron chi connectivity index (χ3n) is 1.15. The molecular formula is C6H12N4OS. The van der Waals surface area contributed by atoms with Crippen LogP contribution in [0.1, 0.15) is 6.92 Å². The standard InChI is InChI=1S/C6H12N4OS/c1-2-11-3-4-12-6-8-5(7)9-10-6/h2-4H2,1H3,(H3,7,8,9,10). The Labute approximate surface area is 75.1 Å². The van der Waals surface area contributed by atoms with Crippen LogP contribution in [-0.4, -0.2) is 34.1 Å². The molecule has 0 aliphatic carbocycles. The summed E-state index contributed by atoms with van der Waals surface area (Å²) in [6.07, 6.45) is 0. The third-order valence-corrected chi connectivity index (χ3v) is 1.96. The minimum absolute atomic E-state index is 0.355. The van der Waals surface area contributed by atoms with E-state index in [0.29, 0.717) is 11.1 Å². The molecule has 0 amide bonds. The van der Waals surface area contributed by atoms with E-state index in [9.17, 15) is 0 Å². The second-order valence-corrected chi connectivity index (χ2v) is 3.11. The van der Waals surface area contributed by atoms with Gasteiger partial charge in [0.15, 0.2) is 0 Å². The number of aromatic amines is 1. The summed E-state index contributed by atoms with van der Waals surface area (Å²) in [6, 6.07) is 0. The van der Waals surface area contributed by atoms with E-state index in [1.54, 1.807) is 0 Å². The molecule has 0 saturated heterocycles. The van der Waals surface area contributed by atoms with Crippen molar-refractivity contribution >= 4 is 17.7 Å². The van der Waals surface area contributed by atoms with Gasteiger partial charge in [-0.25, -0.2) is 5.10 Å². The molecule has 0 aromatic carbocycles. The average Bonchev–Trinajstić information content (AvgIpc) is 2.45. The maximum Gasteiger partial charge on any atom is 0.216 e. The van der Waals surface area contributed by atoms with Gasteiger partial charge in [-0.3, -0.25) is 0 Å². The Kier molecular flexibility index (Phi) is 3.89. The van der Waals surface area contributed by atoms with Gasteiger partial charge in [0.25, 0.3) is 0 Å². The quantitative estimate of drug-likeness (QED) is 0.520. The predicted octanol–water partition coefficient (Wildman–Crippen LogP) is 0.516. The summed E-state index contributed by atoms with van der Waals surface area (Å²) < 4.78 is 5.14. The zero-order valence-electron chi connectivity index (χ0n) is 6.91. The highest BCUT2D eigenvalue weighted by atomic mass is 32.2. The first-order valence-electron chi connectivity index (χ1n) is 3.71. The summed E-state index contributed by atoms with van der Waals surface area (Å²) >= 11 is 1.52. The smallest absolute Gasteiger partial charge is 0.216 e. The number of nitrogens with one attached hydrogen (secondary N) is 1. The lowest BCUT2D eigenvalue weighted by Gasteiger charge is -1.96. The fourth-order valence-electron chi connectivity index (χ4n) is 0.659. The SMILES string of the molecule is CCOCCSc1n[nH]c(N)n1. The Balaban J connectivity index is 2.15. The van der Waals surface area contributed by atoms with Crippen molar-refractivity contribution in [3.05, 3.63) is 0 Å². The lowest BCUT2D eigenvalue weighted by molar-refractivity contribution is 0.164. The van der Waals surface area contributed by atoms with Gasteiger partial charge in [0.2, 0.25) is 11.1 Å². The van der Waals surface area contributed by atoms with Crippen LogP contribution >= 0.6 is 11.8 Å².